The number of ether oxygens (including phenoxy) is 3. The smallest absolute Gasteiger partial charge is 0.261 e. The van der Waals surface area contributed by atoms with Crippen LogP contribution in [0.1, 0.15) is 61.8 Å². The van der Waals surface area contributed by atoms with Crippen molar-refractivity contribution in [2.45, 2.75) is 43.0 Å². The van der Waals surface area contributed by atoms with Crippen molar-refractivity contribution < 1.29 is 28.9 Å². The first-order valence-corrected chi connectivity index (χ1v) is 16.9. The highest BCUT2D eigenvalue weighted by atomic mass is 32.2. The number of fused-ring (bicyclic) bond motifs is 1. The summed E-state index contributed by atoms with van der Waals surface area (Å²) >= 11 is 1.70. The van der Waals surface area contributed by atoms with E-state index in [2.05, 4.69) is 6.07 Å². The van der Waals surface area contributed by atoms with Crippen molar-refractivity contribution in [3.63, 3.8) is 0 Å². The lowest BCUT2D eigenvalue weighted by Gasteiger charge is -2.36. The fourth-order valence-electron chi connectivity index (χ4n) is 6.19. The molecule has 3 atom stereocenters. The molecule has 2 heterocycles. The van der Waals surface area contributed by atoms with E-state index in [9.17, 15) is 14.7 Å². The number of aliphatic hydroxyl groups excluding tert-OH is 1. The van der Waals surface area contributed by atoms with Gasteiger partial charge in [0.1, 0.15) is 5.75 Å². The average Bonchev–Trinajstić information content (AvgIpc) is 3.38. The van der Waals surface area contributed by atoms with Crippen LogP contribution in [0.5, 0.6) is 5.75 Å². The molecule has 2 aliphatic rings. The maximum absolute atomic E-state index is 12.9. The van der Waals surface area contributed by atoms with Crippen LogP contribution in [0.25, 0.3) is 11.1 Å². The maximum atomic E-state index is 12.9. The second-order valence-corrected chi connectivity index (χ2v) is 12.9. The van der Waals surface area contributed by atoms with Crippen molar-refractivity contribution in [2.24, 2.45) is 0 Å². The van der Waals surface area contributed by atoms with Crippen molar-refractivity contribution in [1.29, 1.82) is 0 Å². The molecule has 48 heavy (non-hydrogen) atoms. The summed E-state index contributed by atoms with van der Waals surface area (Å²) < 4.78 is 18.7. The molecule has 5 aromatic carbocycles. The number of rotatable bonds is 10. The Balaban J connectivity index is 1.08. The van der Waals surface area contributed by atoms with Gasteiger partial charge in [0.15, 0.2) is 6.29 Å². The van der Waals surface area contributed by atoms with E-state index in [1.165, 1.54) is 4.90 Å². The Labute approximate surface area is 284 Å². The highest BCUT2D eigenvalue weighted by Crippen LogP contribution is 2.41. The summed E-state index contributed by atoms with van der Waals surface area (Å²) in [6.07, 6.45) is -0.147. The summed E-state index contributed by atoms with van der Waals surface area (Å²) in [7, 11) is 1.68. The van der Waals surface area contributed by atoms with E-state index in [0.29, 0.717) is 17.5 Å². The number of carbonyl (C=O) groups is 2. The zero-order chi connectivity index (χ0) is 33.0. The van der Waals surface area contributed by atoms with Crippen LogP contribution in [0.4, 0.5) is 0 Å². The third-order valence-electron chi connectivity index (χ3n) is 8.77. The zero-order valence-electron chi connectivity index (χ0n) is 26.5. The minimum atomic E-state index is -0.571. The first kappa shape index (κ1) is 31.8. The lowest BCUT2D eigenvalue weighted by atomic mass is 9.99. The Morgan fingerprint density at radius 2 is 1.44 bits per heavy atom. The normalized spacial score (nSPS) is 19.0. The Morgan fingerprint density at radius 1 is 0.750 bits per heavy atom. The number of amides is 2. The van der Waals surface area contributed by atoms with Crippen LogP contribution in [-0.4, -0.2) is 40.8 Å². The Hall–Kier alpha value is -4.73. The van der Waals surface area contributed by atoms with Crippen molar-refractivity contribution in [3.05, 3.63) is 155 Å². The number of carbonyl (C=O) groups excluding carboxylic acids is 2. The molecule has 0 aliphatic carbocycles. The average molecular weight is 658 g/mol. The molecule has 0 saturated carbocycles. The molecule has 0 unspecified atom stereocenters. The number of hydrogen-bond donors (Lipinski definition) is 1. The third-order valence-corrected chi connectivity index (χ3v) is 9.96. The predicted octanol–water partition coefficient (Wildman–Crippen LogP) is 7.99. The molecule has 0 aromatic heterocycles. The van der Waals surface area contributed by atoms with E-state index in [4.69, 9.17) is 14.2 Å². The Kier molecular flexibility index (Phi) is 9.40. The molecule has 0 bridgehead atoms. The molecule has 1 saturated heterocycles. The summed E-state index contributed by atoms with van der Waals surface area (Å²) in [5.41, 5.74) is 6.55. The topological polar surface area (TPSA) is 85.3 Å². The van der Waals surface area contributed by atoms with E-state index in [1.54, 1.807) is 43.1 Å². The lowest BCUT2D eigenvalue weighted by Crippen LogP contribution is -2.31. The molecular formula is C40H35NO6S. The summed E-state index contributed by atoms with van der Waals surface area (Å²) in [6.45, 7) is 0.199. The van der Waals surface area contributed by atoms with Gasteiger partial charge in [0, 0.05) is 22.6 Å². The van der Waals surface area contributed by atoms with Gasteiger partial charge in [-0.15, -0.1) is 11.8 Å². The van der Waals surface area contributed by atoms with Gasteiger partial charge in [0.05, 0.1) is 43.6 Å². The molecule has 2 amide bonds. The second-order valence-electron chi connectivity index (χ2n) is 11.9. The highest BCUT2D eigenvalue weighted by molar-refractivity contribution is 7.99. The van der Waals surface area contributed by atoms with Gasteiger partial charge in [0.2, 0.25) is 0 Å². The van der Waals surface area contributed by atoms with Crippen LogP contribution >= 0.6 is 11.8 Å². The molecule has 0 spiro atoms. The number of thioether (sulfide) groups is 1. The fourth-order valence-corrected chi connectivity index (χ4v) is 7.24. The van der Waals surface area contributed by atoms with Crippen molar-refractivity contribution in [1.82, 2.24) is 4.90 Å². The number of hydrogen-bond acceptors (Lipinski definition) is 7. The van der Waals surface area contributed by atoms with Crippen LogP contribution in [0.2, 0.25) is 0 Å². The monoisotopic (exact) mass is 657 g/mol. The zero-order valence-corrected chi connectivity index (χ0v) is 27.3. The SMILES string of the molecule is COc1ccccc1SC[C@H]1C[C@@H](c2ccc(CO)cc2)O[C@@H](c2ccc(-c3cccc(CN4C(=O)c5ccccc5C4=O)c3)cc2)O1. The summed E-state index contributed by atoms with van der Waals surface area (Å²) in [5, 5.41) is 9.54. The summed E-state index contributed by atoms with van der Waals surface area (Å²) in [4.78, 5) is 28.2. The molecule has 7 nitrogen and oxygen atoms in total. The van der Waals surface area contributed by atoms with Gasteiger partial charge < -0.3 is 19.3 Å². The number of para-hydroxylation sites is 1. The molecule has 1 fully saturated rings. The van der Waals surface area contributed by atoms with Crippen LogP contribution < -0.4 is 4.74 Å². The molecule has 8 heteroatoms. The first-order valence-electron chi connectivity index (χ1n) is 15.9. The minimum Gasteiger partial charge on any atom is -0.496 e. The van der Waals surface area contributed by atoms with Gasteiger partial charge in [-0.2, -0.15) is 0 Å². The molecule has 0 radical (unpaired) electrons. The van der Waals surface area contributed by atoms with Gasteiger partial charge in [0.25, 0.3) is 11.8 Å². The molecule has 1 N–H and O–H groups in total. The highest BCUT2D eigenvalue weighted by Gasteiger charge is 2.35. The van der Waals surface area contributed by atoms with Gasteiger partial charge in [-0.25, -0.2) is 0 Å². The summed E-state index contributed by atoms with van der Waals surface area (Å²) in [5.74, 6) is 1.04. The van der Waals surface area contributed by atoms with Gasteiger partial charge in [-0.3, -0.25) is 14.5 Å². The van der Waals surface area contributed by atoms with Crippen molar-refractivity contribution in [2.75, 3.05) is 12.9 Å². The third kappa shape index (κ3) is 6.66. The van der Waals surface area contributed by atoms with Crippen LogP contribution in [-0.2, 0) is 22.6 Å². The van der Waals surface area contributed by atoms with Crippen LogP contribution in [0.3, 0.4) is 0 Å². The second kappa shape index (κ2) is 14.2. The van der Waals surface area contributed by atoms with Gasteiger partial charge in [-0.05, 0) is 58.1 Å². The van der Waals surface area contributed by atoms with Crippen LogP contribution in [0.15, 0.2) is 126 Å². The molecular weight excluding hydrogens is 623 g/mol. The molecule has 5 aromatic rings. The quantitative estimate of drug-likeness (QED) is 0.120. The van der Waals surface area contributed by atoms with E-state index in [-0.39, 0.29) is 37.2 Å². The lowest BCUT2D eigenvalue weighted by molar-refractivity contribution is -0.245. The number of imide groups is 1. The van der Waals surface area contributed by atoms with E-state index < -0.39 is 6.29 Å². The number of benzene rings is 5. The molecule has 7 rings (SSSR count). The van der Waals surface area contributed by atoms with Gasteiger partial charge >= 0.3 is 0 Å². The van der Waals surface area contributed by atoms with E-state index in [0.717, 1.165) is 49.8 Å². The maximum Gasteiger partial charge on any atom is 0.261 e. The van der Waals surface area contributed by atoms with Crippen molar-refractivity contribution >= 4 is 23.6 Å². The molecule has 242 valence electrons. The number of aliphatic hydroxyl groups is 1. The molecule has 2 aliphatic heterocycles. The Morgan fingerprint density at radius 3 is 2.15 bits per heavy atom. The number of methoxy groups -OCH3 is 1. The van der Waals surface area contributed by atoms with Crippen molar-refractivity contribution in [3.8, 4) is 16.9 Å². The fraction of sp³-hybridized carbons (Fsp3) is 0.200. The largest absolute Gasteiger partial charge is 0.496 e. The van der Waals surface area contributed by atoms with Gasteiger partial charge in [-0.1, -0.05) is 91.0 Å². The number of nitrogens with zero attached hydrogens (tertiary/aromatic N) is 1. The van der Waals surface area contributed by atoms with E-state index >= 15 is 0 Å². The minimum absolute atomic E-state index is 0.00621. The van der Waals surface area contributed by atoms with E-state index in [1.807, 2.05) is 91.0 Å². The Bertz CT molecular complexity index is 1890. The standard InChI is InChI=1S/C40H35NO6S/c1-45-35-11-4-5-12-37(35)48-25-32-22-36(29-15-13-26(24-42)14-16-29)47-40(46-32)30-19-17-28(18-20-30)31-8-6-7-27(21-31)23-41-38(43)33-9-2-3-10-34(33)39(41)44/h2-21,32,36,40,42H,22-25H2,1H3/t32-,36+,40+/m1/s1. The van der Waals surface area contributed by atoms with Crippen LogP contribution in [0, 0.1) is 0 Å². The predicted molar refractivity (Wildman–Crippen MR) is 185 cm³/mol. The summed E-state index contributed by atoms with van der Waals surface area (Å²) in [6, 6.07) is 38.9. The first-order chi connectivity index (χ1) is 23.5.